The second kappa shape index (κ2) is 9.09. The van der Waals surface area contributed by atoms with Crippen LogP contribution in [0.1, 0.15) is 27.0 Å². The Kier molecular flexibility index (Phi) is 6.11. The first-order valence-electron chi connectivity index (χ1n) is 11.1. The number of hydrogen-bond acceptors (Lipinski definition) is 3. The molecule has 0 aromatic heterocycles. The van der Waals surface area contributed by atoms with Crippen LogP contribution >= 0.6 is 15.9 Å². The minimum Gasteiger partial charge on any atom is -0.321 e. The van der Waals surface area contributed by atoms with E-state index in [1.165, 1.54) is 28.6 Å². The fourth-order valence-corrected chi connectivity index (χ4v) is 5.76. The molecule has 0 bridgehead atoms. The van der Waals surface area contributed by atoms with E-state index in [-0.39, 0.29) is 18.1 Å². The van der Waals surface area contributed by atoms with Crippen molar-refractivity contribution in [3.05, 3.63) is 105 Å². The molecule has 0 radical (unpaired) electrons. The van der Waals surface area contributed by atoms with Crippen LogP contribution in [0.5, 0.6) is 0 Å². The van der Waals surface area contributed by atoms with Gasteiger partial charge < -0.3 is 5.32 Å². The summed E-state index contributed by atoms with van der Waals surface area (Å²) >= 11 is 3.19. The van der Waals surface area contributed by atoms with Crippen molar-refractivity contribution >= 4 is 54.0 Å². The van der Waals surface area contributed by atoms with Crippen molar-refractivity contribution in [2.45, 2.75) is 19.4 Å². The SMILES string of the molecule is CS(=O)(=O)N(Cc1ccc(C(=O)Nc2ccc3c4c(cccc24)CC3)cc1)c1ccc(Br)cc1F. The normalized spacial score (nSPS) is 12.7. The van der Waals surface area contributed by atoms with Crippen LogP contribution in [0.25, 0.3) is 10.8 Å². The number of rotatable bonds is 6. The lowest BCUT2D eigenvalue weighted by atomic mass is 10.0. The summed E-state index contributed by atoms with van der Waals surface area (Å²) in [7, 11) is -3.74. The van der Waals surface area contributed by atoms with E-state index in [9.17, 15) is 17.6 Å². The summed E-state index contributed by atoms with van der Waals surface area (Å²) in [6.07, 6.45) is 3.06. The highest BCUT2D eigenvalue weighted by Crippen LogP contribution is 2.35. The number of amides is 1. The highest BCUT2D eigenvalue weighted by molar-refractivity contribution is 9.10. The maximum absolute atomic E-state index is 14.5. The van der Waals surface area contributed by atoms with Gasteiger partial charge in [0, 0.05) is 21.1 Å². The number of carbonyl (C=O) groups is 1. The molecule has 35 heavy (non-hydrogen) atoms. The summed E-state index contributed by atoms with van der Waals surface area (Å²) in [6.45, 7) is -0.0613. The zero-order chi connectivity index (χ0) is 24.7. The predicted octanol–water partition coefficient (Wildman–Crippen LogP) is 6.06. The van der Waals surface area contributed by atoms with Crippen molar-refractivity contribution in [3.8, 4) is 0 Å². The van der Waals surface area contributed by atoms with E-state index >= 15 is 0 Å². The second-order valence-electron chi connectivity index (χ2n) is 8.63. The first-order valence-corrected chi connectivity index (χ1v) is 13.7. The number of halogens is 2. The zero-order valence-electron chi connectivity index (χ0n) is 18.9. The van der Waals surface area contributed by atoms with Crippen LogP contribution in [0.3, 0.4) is 0 Å². The number of nitrogens with one attached hydrogen (secondary N) is 1. The Morgan fingerprint density at radius 2 is 1.71 bits per heavy atom. The van der Waals surface area contributed by atoms with Crippen molar-refractivity contribution in [3.63, 3.8) is 0 Å². The lowest BCUT2D eigenvalue weighted by Crippen LogP contribution is -2.30. The minimum atomic E-state index is -3.74. The molecule has 0 heterocycles. The fourth-order valence-electron chi connectivity index (χ4n) is 4.54. The smallest absolute Gasteiger partial charge is 0.255 e. The Balaban J connectivity index is 1.37. The fraction of sp³-hybridized carbons (Fsp3) is 0.148. The van der Waals surface area contributed by atoms with E-state index in [0.29, 0.717) is 15.6 Å². The van der Waals surface area contributed by atoms with E-state index in [0.717, 1.165) is 34.5 Å². The molecule has 0 saturated carbocycles. The van der Waals surface area contributed by atoms with Crippen LogP contribution in [0.4, 0.5) is 15.8 Å². The van der Waals surface area contributed by atoms with Crippen LogP contribution in [-0.2, 0) is 29.4 Å². The van der Waals surface area contributed by atoms with Gasteiger partial charge in [0.2, 0.25) is 10.0 Å². The highest BCUT2D eigenvalue weighted by atomic mass is 79.9. The van der Waals surface area contributed by atoms with E-state index in [1.807, 2.05) is 18.2 Å². The van der Waals surface area contributed by atoms with Crippen molar-refractivity contribution in [2.24, 2.45) is 0 Å². The molecule has 0 fully saturated rings. The summed E-state index contributed by atoms with van der Waals surface area (Å²) in [4.78, 5) is 13.0. The van der Waals surface area contributed by atoms with Gasteiger partial charge in [-0.1, -0.05) is 52.3 Å². The summed E-state index contributed by atoms with van der Waals surface area (Å²) in [5, 5.41) is 5.26. The van der Waals surface area contributed by atoms with E-state index in [1.54, 1.807) is 30.3 Å². The number of aryl methyl sites for hydroxylation is 2. The predicted molar refractivity (Wildman–Crippen MR) is 141 cm³/mol. The first-order chi connectivity index (χ1) is 16.7. The highest BCUT2D eigenvalue weighted by Gasteiger charge is 2.22. The van der Waals surface area contributed by atoms with Gasteiger partial charge in [-0.25, -0.2) is 12.8 Å². The molecule has 4 aromatic rings. The van der Waals surface area contributed by atoms with Crippen LogP contribution in [0.15, 0.2) is 77.3 Å². The van der Waals surface area contributed by atoms with Gasteiger partial charge in [-0.15, -0.1) is 0 Å². The summed E-state index contributed by atoms with van der Waals surface area (Å²) < 4.78 is 40.8. The molecule has 0 spiro atoms. The van der Waals surface area contributed by atoms with Gasteiger partial charge in [0.05, 0.1) is 18.5 Å². The molecule has 1 aliphatic rings. The summed E-state index contributed by atoms with van der Waals surface area (Å²) in [5.74, 6) is -0.902. The number of nitrogens with zero attached hydrogens (tertiary/aromatic N) is 1. The third kappa shape index (κ3) is 4.68. The van der Waals surface area contributed by atoms with Crippen molar-refractivity contribution in [1.29, 1.82) is 0 Å². The van der Waals surface area contributed by atoms with Crippen molar-refractivity contribution in [2.75, 3.05) is 15.9 Å². The van der Waals surface area contributed by atoms with Crippen molar-refractivity contribution < 1.29 is 17.6 Å². The van der Waals surface area contributed by atoms with Crippen LogP contribution < -0.4 is 9.62 Å². The van der Waals surface area contributed by atoms with Gasteiger partial charge in [-0.3, -0.25) is 9.10 Å². The molecule has 0 saturated heterocycles. The maximum Gasteiger partial charge on any atom is 0.255 e. The summed E-state index contributed by atoms with van der Waals surface area (Å²) in [5.41, 5.74) is 4.39. The Bertz CT molecular complexity index is 1560. The Labute approximate surface area is 211 Å². The molecule has 0 atom stereocenters. The number of hydrogen-bond donors (Lipinski definition) is 1. The van der Waals surface area contributed by atoms with Crippen LogP contribution in [-0.4, -0.2) is 20.6 Å². The Hall–Kier alpha value is -3.23. The summed E-state index contributed by atoms with van der Waals surface area (Å²) in [6, 6.07) is 21.0. The van der Waals surface area contributed by atoms with Gasteiger partial charge in [0.1, 0.15) is 5.82 Å². The number of carbonyl (C=O) groups excluding carboxylic acids is 1. The molecule has 0 unspecified atom stereocenters. The molecule has 1 aliphatic carbocycles. The number of sulfonamides is 1. The van der Waals surface area contributed by atoms with Gasteiger partial charge in [0.25, 0.3) is 5.91 Å². The van der Waals surface area contributed by atoms with E-state index in [4.69, 9.17) is 0 Å². The topological polar surface area (TPSA) is 66.5 Å². The molecule has 4 aromatic carbocycles. The molecule has 1 amide bonds. The van der Waals surface area contributed by atoms with Crippen LogP contribution in [0, 0.1) is 5.82 Å². The van der Waals surface area contributed by atoms with E-state index in [2.05, 4.69) is 33.4 Å². The van der Waals surface area contributed by atoms with Gasteiger partial charge in [-0.2, -0.15) is 0 Å². The third-order valence-electron chi connectivity index (χ3n) is 6.25. The van der Waals surface area contributed by atoms with Gasteiger partial charge >= 0.3 is 0 Å². The van der Waals surface area contributed by atoms with Gasteiger partial charge in [-0.05, 0) is 71.3 Å². The zero-order valence-corrected chi connectivity index (χ0v) is 21.3. The lowest BCUT2D eigenvalue weighted by molar-refractivity contribution is 0.102. The Morgan fingerprint density at radius 1 is 1.00 bits per heavy atom. The second-order valence-corrected chi connectivity index (χ2v) is 11.5. The molecule has 5 rings (SSSR count). The molecule has 8 heteroatoms. The van der Waals surface area contributed by atoms with Gasteiger partial charge in [0.15, 0.2) is 0 Å². The molecule has 1 N–H and O–H groups in total. The van der Waals surface area contributed by atoms with Crippen LogP contribution in [0.2, 0.25) is 0 Å². The minimum absolute atomic E-state index is 0.0374. The molecule has 178 valence electrons. The largest absolute Gasteiger partial charge is 0.321 e. The lowest BCUT2D eigenvalue weighted by Gasteiger charge is -2.23. The van der Waals surface area contributed by atoms with E-state index < -0.39 is 15.8 Å². The molecular weight excluding hydrogens is 531 g/mol. The standard InChI is InChI=1S/C27H22BrFN2O3S/c1-35(33,34)31(25-14-12-21(28)15-23(25)29)16-17-5-7-20(8-6-17)27(32)30-24-13-11-19-10-9-18-3-2-4-22(24)26(18)19/h2-8,11-15H,9-10,16H2,1H3,(H,30,32). The monoisotopic (exact) mass is 552 g/mol. The number of benzene rings is 4. The molecular formula is C27H22BrFN2O3S. The third-order valence-corrected chi connectivity index (χ3v) is 7.87. The average Bonchev–Trinajstić information content (AvgIpc) is 3.24. The maximum atomic E-state index is 14.5. The first kappa shape index (κ1) is 23.5. The average molecular weight is 553 g/mol. The molecule has 5 nitrogen and oxygen atoms in total. The molecule has 0 aliphatic heterocycles. The van der Waals surface area contributed by atoms with Crippen molar-refractivity contribution in [1.82, 2.24) is 0 Å². The number of anilines is 2. The quantitative estimate of drug-likeness (QED) is 0.316. The Morgan fingerprint density at radius 3 is 2.40 bits per heavy atom.